The highest BCUT2D eigenvalue weighted by atomic mass is 19.1. The minimum absolute atomic E-state index is 0.0221. The molecule has 106 valence electrons. The Morgan fingerprint density at radius 3 is 2.90 bits per heavy atom. The number of alkyl halides is 1. The molecule has 5 heteroatoms. The molecule has 1 fully saturated rings. The van der Waals surface area contributed by atoms with Crippen LogP contribution in [-0.4, -0.2) is 19.9 Å². The van der Waals surface area contributed by atoms with Crippen molar-refractivity contribution in [1.29, 1.82) is 0 Å². The highest BCUT2D eigenvalue weighted by Gasteiger charge is 2.40. The van der Waals surface area contributed by atoms with Crippen LogP contribution in [-0.2, 0) is 0 Å². The zero-order valence-electron chi connectivity index (χ0n) is 11.2. The monoisotopic (exact) mass is 275 g/mol. The summed E-state index contributed by atoms with van der Waals surface area (Å²) in [5.41, 5.74) is 0. The molecule has 2 aliphatic carbocycles. The van der Waals surface area contributed by atoms with E-state index in [0.29, 0.717) is 18.1 Å². The highest BCUT2D eigenvalue weighted by Crippen LogP contribution is 2.44. The van der Waals surface area contributed by atoms with Gasteiger partial charge in [0.2, 0.25) is 0 Å². The predicted octanol–water partition coefficient (Wildman–Crippen LogP) is 2.81. The van der Waals surface area contributed by atoms with E-state index in [2.05, 4.69) is 22.2 Å². The van der Waals surface area contributed by atoms with Gasteiger partial charge in [-0.15, -0.1) is 0 Å². The van der Waals surface area contributed by atoms with Crippen molar-refractivity contribution in [3.05, 3.63) is 36.0 Å². The Hall–Kier alpha value is -1.49. The average molecular weight is 275 g/mol. The van der Waals surface area contributed by atoms with Crippen LogP contribution in [0.2, 0.25) is 0 Å². The summed E-state index contributed by atoms with van der Waals surface area (Å²) < 4.78 is 15.9. The standard InChI is InChI=1S/C15H18FN3O/c16-11-8-12(9-4-2-1-3-5-9)19-15(11)17-14(18-19)13(20)10-6-7-10/h1-4,9-13,20H,5-8H2/t9?,11?,12-,13?/m1/s1. The molecule has 0 saturated heterocycles. The third kappa shape index (κ3) is 1.92. The van der Waals surface area contributed by atoms with Gasteiger partial charge >= 0.3 is 0 Å². The number of hydrogen-bond donors (Lipinski definition) is 1. The zero-order valence-corrected chi connectivity index (χ0v) is 11.2. The molecule has 4 rings (SSSR count). The molecular formula is C15H18FN3O. The smallest absolute Gasteiger partial charge is 0.179 e. The Morgan fingerprint density at radius 1 is 1.35 bits per heavy atom. The van der Waals surface area contributed by atoms with Crippen molar-refractivity contribution in [2.45, 2.75) is 44.0 Å². The third-order valence-electron chi connectivity index (χ3n) is 4.56. The van der Waals surface area contributed by atoms with Crippen LogP contribution in [0.25, 0.3) is 0 Å². The van der Waals surface area contributed by atoms with Gasteiger partial charge in [-0.25, -0.2) is 14.1 Å². The van der Waals surface area contributed by atoms with Crippen molar-refractivity contribution in [3.63, 3.8) is 0 Å². The van der Waals surface area contributed by atoms with E-state index in [4.69, 9.17) is 0 Å². The zero-order chi connectivity index (χ0) is 13.7. The molecule has 0 aromatic carbocycles. The molecule has 0 amide bonds. The van der Waals surface area contributed by atoms with E-state index in [1.165, 1.54) is 0 Å². The van der Waals surface area contributed by atoms with Gasteiger partial charge in [-0.1, -0.05) is 24.3 Å². The topological polar surface area (TPSA) is 50.9 Å². The first-order valence-electron chi connectivity index (χ1n) is 7.36. The van der Waals surface area contributed by atoms with E-state index >= 15 is 0 Å². The molecule has 1 aromatic heterocycles. The van der Waals surface area contributed by atoms with Crippen LogP contribution < -0.4 is 0 Å². The first-order valence-corrected chi connectivity index (χ1v) is 7.36. The van der Waals surface area contributed by atoms with E-state index in [1.54, 1.807) is 4.68 Å². The minimum Gasteiger partial charge on any atom is -0.385 e. The van der Waals surface area contributed by atoms with Crippen LogP contribution in [0, 0.1) is 11.8 Å². The lowest BCUT2D eigenvalue weighted by molar-refractivity contribution is 0.142. The summed E-state index contributed by atoms with van der Waals surface area (Å²) in [7, 11) is 0. The van der Waals surface area contributed by atoms with Gasteiger partial charge < -0.3 is 5.11 Å². The Balaban J connectivity index is 1.63. The summed E-state index contributed by atoms with van der Waals surface area (Å²) in [5, 5.41) is 14.5. The molecule has 3 unspecified atom stereocenters. The van der Waals surface area contributed by atoms with Gasteiger partial charge in [0.1, 0.15) is 6.10 Å². The van der Waals surface area contributed by atoms with Crippen molar-refractivity contribution < 1.29 is 9.50 Å². The van der Waals surface area contributed by atoms with Gasteiger partial charge in [-0.2, -0.15) is 5.10 Å². The number of nitrogens with zero attached hydrogens (tertiary/aromatic N) is 3. The van der Waals surface area contributed by atoms with Crippen molar-refractivity contribution in [3.8, 4) is 0 Å². The lowest BCUT2D eigenvalue weighted by atomic mass is 9.91. The second kappa shape index (κ2) is 4.52. The van der Waals surface area contributed by atoms with Gasteiger partial charge in [-0.3, -0.25) is 0 Å². The van der Waals surface area contributed by atoms with Crippen LogP contribution in [0.15, 0.2) is 24.3 Å². The van der Waals surface area contributed by atoms with E-state index < -0.39 is 12.3 Å². The number of aliphatic hydroxyl groups excluding tert-OH is 1. The molecule has 0 spiro atoms. The van der Waals surface area contributed by atoms with Gasteiger partial charge in [0.15, 0.2) is 17.8 Å². The van der Waals surface area contributed by atoms with Crippen LogP contribution in [0.3, 0.4) is 0 Å². The van der Waals surface area contributed by atoms with E-state index in [9.17, 15) is 9.50 Å². The van der Waals surface area contributed by atoms with Crippen LogP contribution >= 0.6 is 0 Å². The summed E-state index contributed by atoms with van der Waals surface area (Å²) in [5.74, 6) is 1.34. The lowest BCUT2D eigenvalue weighted by Gasteiger charge is -2.21. The predicted molar refractivity (Wildman–Crippen MR) is 71.6 cm³/mol. The molecule has 1 saturated carbocycles. The minimum atomic E-state index is -1.06. The van der Waals surface area contributed by atoms with Gasteiger partial charge in [-0.05, 0) is 25.2 Å². The Morgan fingerprint density at radius 2 is 2.20 bits per heavy atom. The van der Waals surface area contributed by atoms with Crippen molar-refractivity contribution in [2.24, 2.45) is 11.8 Å². The SMILES string of the molecule is OC(c1nc2n(n1)[C@@H](C1C=CC=CC1)CC2F)C1CC1. The molecule has 1 aromatic rings. The first kappa shape index (κ1) is 12.3. The second-order valence-corrected chi connectivity index (χ2v) is 6.04. The summed E-state index contributed by atoms with van der Waals surface area (Å²) in [6.07, 6.45) is 9.95. The number of aliphatic hydroxyl groups is 1. The molecule has 0 bridgehead atoms. The van der Waals surface area contributed by atoms with Crippen molar-refractivity contribution in [2.75, 3.05) is 0 Å². The summed E-state index contributed by atoms with van der Waals surface area (Å²) in [6, 6.07) is 0.0221. The summed E-state index contributed by atoms with van der Waals surface area (Å²) >= 11 is 0. The summed E-state index contributed by atoms with van der Waals surface area (Å²) in [4.78, 5) is 4.26. The third-order valence-corrected chi connectivity index (χ3v) is 4.56. The van der Waals surface area contributed by atoms with Crippen LogP contribution in [0.4, 0.5) is 4.39 Å². The van der Waals surface area contributed by atoms with Crippen molar-refractivity contribution >= 4 is 0 Å². The molecule has 20 heavy (non-hydrogen) atoms. The largest absolute Gasteiger partial charge is 0.385 e. The Bertz CT molecular complexity index is 576. The first-order chi connectivity index (χ1) is 9.74. The van der Waals surface area contributed by atoms with Crippen molar-refractivity contribution in [1.82, 2.24) is 14.8 Å². The van der Waals surface area contributed by atoms with E-state index in [0.717, 1.165) is 19.3 Å². The number of allylic oxidation sites excluding steroid dienone is 4. The fourth-order valence-electron chi connectivity index (χ4n) is 3.22. The average Bonchev–Trinajstić information content (AvgIpc) is 3.15. The Kier molecular flexibility index (Phi) is 2.77. The molecule has 3 aliphatic rings. The quantitative estimate of drug-likeness (QED) is 0.922. The molecule has 1 N–H and O–H groups in total. The second-order valence-electron chi connectivity index (χ2n) is 6.04. The normalized spacial score (nSPS) is 33.4. The van der Waals surface area contributed by atoms with Gasteiger partial charge in [0, 0.05) is 12.3 Å². The molecule has 4 atom stereocenters. The molecular weight excluding hydrogens is 257 g/mol. The molecule has 0 radical (unpaired) electrons. The number of hydrogen-bond acceptors (Lipinski definition) is 3. The van der Waals surface area contributed by atoms with E-state index in [-0.39, 0.29) is 17.9 Å². The molecule has 2 heterocycles. The maximum atomic E-state index is 14.2. The van der Waals surface area contributed by atoms with E-state index in [1.807, 2.05) is 12.2 Å². The van der Waals surface area contributed by atoms with Gasteiger partial charge in [0.25, 0.3) is 0 Å². The maximum absolute atomic E-state index is 14.2. The Labute approximate surface area is 117 Å². The highest BCUT2D eigenvalue weighted by molar-refractivity contribution is 5.16. The molecule has 1 aliphatic heterocycles. The van der Waals surface area contributed by atoms with Gasteiger partial charge in [0.05, 0.1) is 6.04 Å². The number of aromatic nitrogens is 3. The van der Waals surface area contributed by atoms with Crippen LogP contribution in [0.5, 0.6) is 0 Å². The number of halogens is 1. The lowest BCUT2D eigenvalue weighted by Crippen LogP contribution is -2.17. The molecule has 4 nitrogen and oxygen atoms in total. The summed E-state index contributed by atoms with van der Waals surface area (Å²) in [6.45, 7) is 0. The number of fused-ring (bicyclic) bond motifs is 1. The number of rotatable bonds is 3. The fraction of sp³-hybridized carbons (Fsp3) is 0.600. The maximum Gasteiger partial charge on any atom is 0.179 e. The fourth-order valence-corrected chi connectivity index (χ4v) is 3.22. The van der Waals surface area contributed by atoms with Crippen LogP contribution in [0.1, 0.15) is 55.6 Å².